The highest BCUT2D eigenvalue weighted by Crippen LogP contribution is 2.30. The van der Waals surface area contributed by atoms with Crippen LogP contribution in [0.15, 0.2) is 29.6 Å². The van der Waals surface area contributed by atoms with Gasteiger partial charge in [0.25, 0.3) is 0 Å². The van der Waals surface area contributed by atoms with Gasteiger partial charge in [-0.15, -0.1) is 22.9 Å². The van der Waals surface area contributed by atoms with Crippen LogP contribution >= 0.6 is 22.9 Å². The predicted octanol–water partition coefficient (Wildman–Crippen LogP) is 4.27. The average Bonchev–Trinajstić information content (AvgIpc) is 3.04. The summed E-state index contributed by atoms with van der Waals surface area (Å²) in [6.07, 6.45) is 1.64. The van der Waals surface area contributed by atoms with E-state index in [1.54, 1.807) is 4.90 Å². The Kier molecular flexibility index (Phi) is 7.02. The van der Waals surface area contributed by atoms with Gasteiger partial charge >= 0.3 is 5.97 Å². The Morgan fingerprint density at radius 2 is 1.84 bits per heavy atom. The molecule has 1 heterocycles. The highest BCUT2D eigenvalue weighted by atomic mass is 35.5. The largest absolute Gasteiger partial charge is 0.481 e. The topological polar surface area (TPSA) is 57.6 Å². The molecule has 0 saturated heterocycles. The smallest absolute Gasteiger partial charge is 0.307 e. The molecule has 0 saturated carbocycles. The third-order valence-electron chi connectivity index (χ3n) is 4.03. The van der Waals surface area contributed by atoms with Crippen molar-refractivity contribution in [3.05, 3.63) is 51.2 Å². The fraction of sp³-hybridized carbons (Fsp3) is 0.368. The number of aryl methyl sites for hydroxylation is 2. The number of carbonyl (C=O) groups excluding carboxylic acids is 1. The molecule has 2 rings (SSSR count). The molecule has 0 unspecified atom stereocenters. The number of amides is 1. The molecule has 0 fully saturated rings. The molecule has 0 atom stereocenters. The molecule has 134 valence electrons. The van der Waals surface area contributed by atoms with Crippen LogP contribution < -0.4 is 4.90 Å². The maximum Gasteiger partial charge on any atom is 0.307 e. The zero-order valence-electron chi connectivity index (χ0n) is 14.4. The van der Waals surface area contributed by atoms with Gasteiger partial charge < -0.3 is 10.0 Å². The molecule has 0 aliphatic rings. The summed E-state index contributed by atoms with van der Waals surface area (Å²) in [5.74, 6) is -1.10. The molecule has 1 amide bonds. The number of rotatable bonds is 8. The Morgan fingerprint density at radius 1 is 1.20 bits per heavy atom. The van der Waals surface area contributed by atoms with Gasteiger partial charge in [-0.2, -0.15) is 0 Å². The number of anilines is 1. The summed E-state index contributed by atoms with van der Waals surface area (Å²) in [7, 11) is 0. The molecule has 1 aromatic heterocycles. The number of nitrogens with zero attached hydrogens (tertiary/aromatic N) is 1. The standard InChI is InChI=1S/C19H22ClNO3S/c1-3-14-6-5-7-15(4-2)19(14)21(17(22)10-20)11-16-8-13(12-25-16)9-18(23)24/h5-8,12H,3-4,9-11H2,1-2H3,(H,23,24). The summed E-state index contributed by atoms with van der Waals surface area (Å²) < 4.78 is 0. The van der Waals surface area contributed by atoms with Crippen LogP contribution in [0.3, 0.4) is 0 Å². The number of halogens is 1. The minimum atomic E-state index is -0.859. The highest BCUT2D eigenvalue weighted by Gasteiger charge is 2.21. The van der Waals surface area contributed by atoms with Crippen molar-refractivity contribution in [3.63, 3.8) is 0 Å². The monoisotopic (exact) mass is 379 g/mol. The molecule has 2 aromatic rings. The third kappa shape index (κ3) is 4.83. The molecule has 0 aliphatic carbocycles. The second kappa shape index (κ2) is 9.02. The number of aliphatic carboxylic acids is 1. The average molecular weight is 380 g/mol. The van der Waals surface area contributed by atoms with Crippen molar-refractivity contribution in [2.45, 2.75) is 39.7 Å². The summed E-state index contributed by atoms with van der Waals surface area (Å²) in [6, 6.07) is 7.94. The molecular weight excluding hydrogens is 358 g/mol. The van der Waals surface area contributed by atoms with Gasteiger partial charge in [-0.1, -0.05) is 32.0 Å². The van der Waals surface area contributed by atoms with E-state index in [1.807, 2.05) is 29.6 Å². The van der Waals surface area contributed by atoms with Crippen molar-refractivity contribution in [1.82, 2.24) is 0 Å². The van der Waals surface area contributed by atoms with Gasteiger partial charge in [-0.3, -0.25) is 9.59 Å². The maximum absolute atomic E-state index is 12.5. The van der Waals surface area contributed by atoms with E-state index in [1.165, 1.54) is 11.3 Å². The Morgan fingerprint density at radius 3 is 2.36 bits per heavy atom. The second-order valence-electron chi connectivity index (χ2n) is 5.74. The molecule has 0 spiro atoms. The lowest BCUT2D eigenvalue weighted by molar-refractivity contribution is -0.136. The van der Waals surface area contributed by atoms with E-state index in [9.17, 15) is 9.59 Å². The molecule has 0 aliphatic heterocycles. The molecule has 0 bridgehead atoms. The minimum absolute atomic E-state index is 0.00822. The highest BCUT2D eigenvalue weighted by molar-refractivity contribution is 7.10. The van der Waals surface area contributed by atoms with E-state index in [4.69, 9.17) is 16.7 Å². The molecule has 1 aromatic carbocycles. The van der Waals surface area contributed by atoms with E-state index >= 15 is 0 Å². The number of hydrogen-bond donors (Lipinski definition) is 1. The number of carboxylic acids is 1. The first-order chi connectivity index (χ1) is 12.0. The molecule has 25 heavy (non-hydrogen) atoms. The van der Waals surface area contributed by atoms with Crippen molar-refractivity contribution >= 4 is 40.5 Å². The Labute approximate surface area is 157 Å². The number of hydrogen-bond acceptors (Lipinski definition) is 3. The zero-order chi connectivity index (χ0) is 18.4. The first-order valence-electron chi connectivity index (χ1n) is 8.25. The number of para-hydroxylation sites is 1. The van der Waals surface area contributed by atoms with Crippen LogP contribution in [0.5, 0.6) is 0 Å². The Bertz CT molecular complexity index is 735. The third-order valence-corrected chi connectivity index (χ3v) is 5.23. The number of thiophene rings is 1. The molecule has 1 N–H and O–H groups in total. The number of benzene rings is 1. The van der Waals surface area contributed by atoms with Gasteiger partial charge in [0.15, 0.2) is 0 Å². The van der Waals surface area contributed by atoms with Crippen LogP contribution in [0, 0.1) is 0 Å². The fourth-order valence-electron chi connectivity index (χ4n) is 2.86. The van der Waals surface area contributed by atoms with E-state index in [0.717, 1.165) is 40.1 Å². The van der Waals surface area contributed by atoms with Crippen molar-refractivity contribution in [1.29, 1.82) is 0 Å². The summed E-state index contributed by atoms with van der Waals surface area (Å²) >= 11 is 7.33. The van der Waals surface area contributed by atoms with E-state index in [-0.39, 0.29) is 18.2 Å². The lowest BCUT2D eigenvalue weighted by atomic mass is 10.0. The molecular formula is C19H22ClNO3S. The van der Waals surface area contributed by atoms with Crippen molar-refractivity contribution in [2.24, 2.45) is 0 Å². The van der Waals surface area contributed by atoms with E-state index in [2.05, 4.69) is 13.8 Å². The van der Waals surface area contributed by atoms with Crippen LogP contribution in [0.4, 0.5) is 5.69 Å². The van der Waals surface area contributed by atoms with Crippen LogP contribution in [0.25, 0.3) is 0 Å². The summed E-state index contributed by atoms with van der Waals surface area (Å²) in [5, 5.41) is 10.8. The van der Waals surface area contributed by atoms with E-state index < -0.39 is 5.97 Å². The van der Waals surface area contributed by atoms with Crippen LogP contribution in [0.2, 0.25) is 0 Å². The quantitative estimate of drug-likeness (QED) is 0.697. The minimum Gasteiger partial charge on any atom is -0.481 e. The number of alkyl halides is 1. The van der Waals surface area contributed by atoms with E-state index in [0.29, 0.717) is 6.54 Å². The van der Waals surface area contributed by atoms with Crippen molar-refractivity contribution < 1.29 is 14.7 Å². The van der Waals surface area contributed by atoms with Crippen molar-refractivity contribution in [3.8, 4) is 0 Å². The van der Waals surface area contributed by atoms with Gasteiger partial charge in [0.1, 0.15) is 5.88 Å². The zero-order valence-corrected chi connectivity index (χ0v) is 16.0. The van der Waals surface area contributed by atoms with Gasteiger partial charge in [-0.05, 0) is 41.0 Å². The van der Waals surface area contributed by atoms with Crippen molar-refractivity contribution in [2.75, 3.05) is 10.8 Å². The first-order valence-corrected chi connectivity index (χ1v) is 9.66. The summed E-state index contributed by atoms with van der Waals surface area (Å²) in [4.78, 5) is 26.1. The number of carboxylic acid groups (broad SMARTS) is 1. The van der Waals surface area contributed by atoms with Gasteiger partial charge in [0.2, 0.25) is 5.91 Å². The van der Waals surface area contributed by atoms with Crippen LogP contribution in [-0.4, -0.2) is 22.9 Å². The predicted molar refractivity (Wildman–Crippen MR) is 103 cm³/mol. The fourth-order valence-corrected chi connectivity index (χ4v) is 3.88. The molecule has 4 nitrogen and oxygen atoms in total. The lowest BCUT2D eigenvalue weighted by Gasteiger charge is -2.26. The Balaban J connectivity index is 2.39. The van der Waals surface area contributed by atoms with Crippen LogP contribution in [0.1, 0.15) is 35.4 Å². The Hall–Kier alpha value is -1.85. The molecule has 6 heteroatoms. The van der Waals surface area contributed by atoms with Gasteiger partial charge in [0.05, 0.1) is 18.7 Å². The SMILES string of the molecule is CCc1cccc(CC)c1N(Cc1cc(CC(=O)O)cs1)C(=O)CCl. The van der Waals surface area contributed by atoms with Gasteiger partial charge in [-0.25, -0.2) is 0 Å². The lowest BCUT2D eigenvalue weighted by Crippen LogP contribution is -2.32. The first kappa shape index (κ1) is 19.5. The summed E-state index contributed by atoms with van der Waals surface area (Å²) in [5.41, 5.74) is 3.91. The summed E-state index contributed by atoms with van der Waals surface area (Å²) in [6.45, 7) is 4.54. The van der Waals surface area contributed by atoms with Crippen LogP contribution in [-0.2, 0) is 35.4 Å². The normalized spacial score (nSPS) is 10.7. The maximum atomic E-state index is 12.5. The second-order valence-corrected chi connectivity index (χ2v) is 7.00. The number of carbonyl (C=O) groups is 2. The van der Waals surface area contributed by atoms with Gasteiger partial charge in [0, 0.05) is 4.88 Å². The molecule has 0 radical (unpaired) electrons.